The molecular weight excluding hydrogens is 543 g/mol. The van der Waals surface area contributed by atoms with Crippen LogP contribution in [0.2, 0.25) is 0 Å². The number of rotatable bonds is 5. The van der Waals surface area contributed by atoms with Crippen LogP contribution in [0.5, 0.6) is 0 Å². The summed E-state index contributed by atoms with van der Waals surface area (Å²) >= 11 is 1.80. The van der Waals surface area contributed by atoms with Gasteiger partial charge in [-0.25, -0.2) is 15.0 Å². The van der Waals surface area contributed by atoms with Gasteiger partial charge < -0.3 is 0 Å². The quantitative estimate of drug-likeness (QED) is 0.208. The summed E-state index contributed by atoms with van der Waals surface area (Å²) in [6, 6.07) is 52.8. The van der Waals surface area contributed by atoms with Gasteiger partial charge in [0.05, 0.1) is 0 Å². The van der Waals surface area contributed by atoms with E-state index in [4.69, 9.17) is 15.0 Å². The van der Waals surface area contributed by atoms with E-state index in [0.29, 0.717) is 17.5 Å². The Balaban J connectivity index is 1.32. The van der Waals surface area contributed by atoms with Crippen molar-refractivity contribution in [1.29, 1.82) is 0 Å². The molecular formula is C39H25N3S. The maximum absolute atomic E-state index is 5.04. The van der Waals surface area contributed by atoms with E-state index >= 15 is 0 Å². The van der Waals surface area contributed by atoms with Gasteiger partial charge in [-0.15, -0.1) is 11.3 Å². The average molecular weight is 568 g/mol. The molecule has 4 heteroatoms. The maximum atomic E-state index is 5.04. The monoisotopic (exact) mass is 567 g/mol. The zero-order chi connectivity index (χ0) is 28.6. The molecule has 0 aliphatic rings. The predicted molar refractivity (Wildman–Crippen MR) is 180 cm³/mol. The largest absolute Gasteiger partial charge is 0.208 e. The molecule has 43 heavy (non-hydrogen) atoms. The van der Waals surface area contributed by atoms with E-state index in [0.717, 1.165) is 16.7 Å². The zero-order valence-electron chi connectivity index (χ0n) is 23.2. The number of hydrogen-bond acceptors (Lipinski definition) is 4. The van der Waals surface area contributed by atoms with Gasteiger partial charge in [0.2, 0.25) is 0 Å². The molecule has 0 fully saturated rings. The molecule has 8 aromatic rings. The van der Waals surface area contributed by atoms with Crippen molar-refractivity contribution < 1.29 is 0 Å². The highest BCUT2D eigenvalue weighted by Gasteiger charge is 2.17. The van der Waals surface area contributed by atoms with E-state index in [-0.39, 0.29) is 0 Å². The van der Waals surface area contributed by atoms with Crippen LogP contribution < -0.4 is 0 Å². The Labute approximate surface area is 253 Å². The third-order valence-electron chi connectivity index (χ3n) is 7.74. The van der Waals surface area contributed by atoms with Gasteiger partial charge in [-0.3, -0.25) is 0 Å². The highest BCUT2D eigenvalue weighted by Crippen LogP contribution is 2.41. The Morgan fingerprint density at radius 1 is 0.349 bits per heavy atom. The van der Waals surface area contributed by atoms with Crippen LogP contribution in [-0.4, -0.2) is 15.0 Å². The normalized spacial score (nSPS) is 11.3. The summed E-state index contributed by atoms with van der Waals surface area (Å²) in [5.41, 5.74) is 7.74. The van der Waals surface area contributed by atoms with Crippen LogP contribution in [-0.2, 0) is 0 Å². The standard InChI is InChI=1S/C39H25N3S/c1-4-12-26(13-5-1)29-18-10-19-30(24-29)31-22-23-34-33(25-31)36-32(20-11-21-35(36)43-34)39-41-37(27-14-6-2-7-15-27)40-38(42-39)28-16-8-3-9-17-28/h1-25H. The van der Waals surface area contributed by atoms with Crippen molar-refractivity contribution >= 4 is 31.5 Å². The fourth-order valence-corrected chi connectivity index (χ4v) is 6.74. The molecule has 2 heterocycles. The Morgan fingerprint density at radius 3 is 1.51 bits per heavy atom. The van der Waals surface area contributed by atoms with Gasteiger partial charge in [-0.05, 0) is 46.5 Å². The summed E-state index contributed by atoms with van der Waals surface area (Å²) in [4.78, 5) is 15.0. The van der Waals surface area contributed by atoms with Crippen LogP contribution in [0.25, 0.3) is 76.6 Å². The van der Waals surface area contributed by atoms with Crippen molar-refractivity contribution in [3.63, 3.8) is 0 Å². The topological polar surface area (TPSA) is 38.7 Å². The Hall–Kier alpha value is -5.45. The van der Waals surface area contributed by atoms with Crippen LogP contribution in [0.15, 0.2) is 152 Å². The van der Waals surface area contributed by atoms with Crippen molar-refractivity contribution in [3.05, 3.63) is 152 Å². The average Bonchev–Trinajstić information content (AvgIpc) is 3.47. The lowest BCUT2D eigenvalue weighted by molar-refractivity contribution is 1.08. The first-order valence-electron chi connectivity index (χ1n) is 14.3. The molecule has 0 amide bonds. The third kappa shape index (κ3) is 4.78. The van der Waals surface area contributed by atoms with E-state index in [1.165, 1.54) is 42.4 Å². The summed E-state index contributed by atoms with van der Waals surface area (Å²) in [7, 11) is 0. The molecule has 2 aromatic heterocycles. The summed E-state index contributed by atoms with van der Waals surface area (Å²) < 4.78 is 2.46. The van der Waals surface area contributed by atoms with Gasteiger partial charge in [0.1, 0.15) is 0 Å². The van der Waals surface area contributed by atoms with Crippen molar-refractivity contribution in [2.24, 2.45) is 0 Å². The second kappa shape index (κ2) is 10.8. The molecule has 0 spiro atoms. The zero-order valence-corrected chi connectivity index (χ0v) is 24.0. The summed E-state index contributed by atoms with van der Waals surface area (Å²) in [6.07, 6.45) is 0. The molecule has 0 unspecified atom stereocenters. The van der Waals surface area contributed by atoms with Crippen molar-refractivity contribution in [2.75, 3.05) is 0 Å². The molecule has 0 saturated carbocycles. The number of aromatic nitrogens is 3. The van der Waals surface area contributed by atoms with Crippen LogP contribution in [0, 0.1) is 0 Å². The first-order chi connectivity index (χ1) is 21.3. The molecule has 0 aliphatic carbocycles. The predicted octanol–water partition coefficient (Wildman–Crippen LogP) is 10.6. The van der Waals surface area contributed by atoms with Crippen LogP contribution in [0.1, 0.15) is 0 Å². The Bertz CT molecular complexity index is 2170. The fraction of sp³-hybridized carbons (Fsp3) is 0. The first kappa shape index (κ1) is 25.3. The number of fused-ring (bicyclic) bond motifs is 3. The molecule has 6 aromatic carbocycles. The number of thiophene rings is 1. The molecule has 0 bridgehead atoms. The Morgan fingerprint density at radius 2 is 0.860 bits per heavy atom. The highest BCUT2D eigenvalue weighted by atomic mass is 32.1. The van der Waals surface area contributed by atoms with Gasteiger partial charge in [0.15, 0.2) is 17.5 Å². The van der Waals surface area contributed by atoms with E-state index in [2.05, 4.69) is 91.0 Å². The van der Waals surface area contributed by atoms with Gasteiger partial charge in [-0.2, -0.15) is 0 Å². The minimum absolute atomic E-state index is 0.666. The molecule has 0 aliphatic heterocycles. The molecule has 8 rings (SSSR count). The summed E-state index contributed by atoms with van der Waals surface area (Å²) in [5, 5.41) is 2.38. The van der Waals surface area contributed by atoms with E-state index < -0.39 is 0 Å². The van der Waals surface area contributed by atoms with Gasteiger partial charge >= 0.3 is 0 Å². The van der Waals surface area contributed by atoms with Crippen LogP contribution in [0.3, 0.4) is 0 Å². The molecule has 0 atom stereocenters. The van der Waals surface area contributed by atoms with E-state index in [1.54, 1.807) is 11.3 Å². The molecule has 0 saturated heterocycles. The lowest BCUT2D eigenvalue weighted by atomic mass is 9.97. The first-order valence-corrected chi connectivity index (χ1v) is 15.1. The second-order valence-corrected chi connectivity index (χ2v) is 11.6. The second-order valence-electron chi connectivity index (χ2n) is 10.5. The van der Waals surface area contributed by atoms with Crippen LogP contribution in [0.4, 0.5) is 0 Å². The van der Waals surface area contributed by atoms with Gasteiger partial charge in [0.25, 0.3) is 0 Å². The van der Waals surface area contributed by atoms with Crippen molar-refractivity contribution in [2.45, 2.75) is 0 Å². The lowest BCUT2D eigenvalue weighted by Gasteiger charge is -2.10. The minimum atomic E-state index is 0.666. The fourth-order valence-electron chi connectivity index (χ4n) is 5.63. The van der Waals surface area contributed by atoms with Gasteiger partial charge in [-0.1, -0.05) is 127 Å². The highest BCUT2D eigenvalue weighted by molar-refractivity contribution is 7.25. The third-order valence-corrected chi connectivity index (χ3v) is 8.87. The van der Waals surface area contributed by atoms with E-state index in [1.807, 2.05) is 60.7 Å². The number of nitrogens with zero attached hydrogens (tertiary/aromatic N) is 3. The molecule has 0 radical (unpaired) electrons. The van der Waals surface area contributed by atoms with Crippen molar-refractivity contribution in [1.82, 2.24) is 15.0 Å². The molecule has 0 N–H and O–H groups in total. The minimum Gasteiger partial charge on any atom is -0.208 e. The summed E-state index contributed by atoms with van der Waals surface area (Å²) in [6.45, 7) is 0. The van der Waals surface area contributed by atoms with Crippen molar-refractivity contribution in [3.8, 4) is 56.4 Å². The molecule has 202 valence electrons. The maximum Gasteiger partial charge on any atom is 0.164 e. The van der Waals surface area contributed by atoms with Crippen LogP contribution >= 0.6 is 11.3 Å². The smallest absolute Gasteiger partial charge is 0.164 e. The SMILES string of the molecule is c1ccc(-c2cccc(-c3ccc4sc5cccc(-c6nc(-c7ccccc7)nc(-c7ccccc7)n6)c5c4c3)c2)cc1. The lowest BCUT2D eigenvalue weighted by Crippen LogP contribution is -2.00. The number of benzene rings is 6. The Kier molecular flexibility index (Phi) is 6.32. The molecule has 3 nitrogen and oxygen atoms in total. The van der Waals surface area contributed by atoms with E-state index in [9.17, 15) is 0 Å². The van der Waals surface area contributed by atoms with Gasteiger partial charge in [0, 0.05) is 36.9 Å². The summed E-state index contributed by atoms with van der Waals surface area (Å²) in [5.74, 6) is 2.01. The number of hydrogen-bond donors (Lipinski definition) is 0.